The first-order chi connectivity index (χ1) is 8.49. The molecule has 0 nitrogen and oxygen atoms in total. The lowest BCUT2D eigenvalue weighted by Gasteiger charge is -2.14. The van der Waals surface area contributed by atoms with Crippen molar-refractivity contribution >= 4 is 27.5 Å². The van der Waals surface area contributed by atoms with Crippen LogP contribution in [0.1, 0.15) is 22.1 Å². The minimum Gasteiger partial charge on any atom is -0.207 e. The zero-order valence-corrected chi connectivity index (χ0v) is 11.9. The van der Waals surface area contributed by atoms with Crippen LogP contribution < -0.4 is 0 Å². The topological polar surface area (TPSA) is 0 Å². The molecule has 0 saturated heterocycles. The Morgan fingerprint density at radius 1 is 1.06 bits per heavy atom. The average molecular weight is 332 g/mol. The Labute approximate surface area is 118 Å². The minimum atomic E-state index is -0.727. The van der Waals surface area contributed by atoms with Crippen LogP contribution in [0.2, 0.25) is 0 Å². The largest absolute Gasteiger partial charge is 0.207 e. The van der Waals surface area contributed by atoms with E-state index >= 15 is 0 Å². The molecule has 94 valence electrons. The molecule has 0 spiro atoms. The second-order valence-corrected chi connectivity index (χ2v) is 5.34. The Hall–Kier alpha value is -0.930. The third kappa shape index (κ3) is 2.73. The third-order valence-electron chi connectivity index (χ3n) is 2.66. The lowest BCUT2D eigenvalue weighted by atomic mass is 10.0. The number of rotatable bonds is 2. The molecule has 0 radical (unpaired) electrons. The number of halogens is 4. The maximum atomic E-state index is 13.7. The molecule has 0 heterocycles. The van der Waals surface area contributed by atoms with Gasteiger partial charge in [-0.2, -0.15) is 0 Å². The molecular formula is C14H10BrClF2. The molecule has 0 aliphatic carbocycles. The summed E-state index contributed by atoms with van der Waals surface area (Å²) in [6, 6.07) is 8.90. The fourth-order valence-electron chi connectivity index (χ4n) is 1.73. The lowest BCUT2D eigenvalue weighted by molar-refractivity contribution is 0.587. The van der Waals surface area contributed by atoms with E-state index in [2.05, 4.69) is 15.9 Å². The van der Waals surface area contributed by atoms with Crippen molar-refractivity contribution in [3.05, 3.63) is 69.2 Å². The van der Waals surface area contributed by atoms with Crippen molar-refractivity contribution in [3.63, 3.8) is 0 Å². The number of aryl methyl sites for hydroxylation is 1. The molecule has 0 bridgehead atoms. The van der Waals surface area contributed by atoms with Crippen molar-refractivity contribution in [1.82, 2.24) is 0 Å². The van der Waals surface area contributed by atoms with E-state index in [1.54, 1.807) is 0 Å². The van der Waals surface area contributed by atoms with Crippen LogP contribution in [0.3, 0.4) is 0 Å². The van der Waals surface area contributed by atoms with Crippen molar-refractivity contribution in [3.8, 4) is 0 Å². The van der Waals surface area contributed by atoms with Crippen LogP contribution >= 0.6 is 27.5 Å². The molecular weight excluding hydrogens is 322 g/mol. The van der Waals surface area contributed by atoms with Gasteiger partial charge in [0.2, 0.25) is 0 Å². The smallest absolute Gasteiger partial charge is 0.128 e. The van der Waals surface area contributed by atoms with Crippen LogP contribution in [0.25, 0.3) is 0 Å². The molecule has 0 aromatic heterocycles. The summed E-state index contributed by atoms with van der Waals surface area (Å²) in [7, 11) is 0. The van der Waals surface area contributed by atoms with Crippen molar-refractivity contribution < 1.29 is 8.78 Å². The van der Waals surface area contributed by atoms with Crippen LogP contribution in [0.4, 0.5) is 8.78 Å². The molecule has 18 heavy (non-hydrogen) atoms. The first-order valence-corrected chi connectivity index (χ1v) is 6.57. The van der Waals surface area contributed by atoms with Crippen molar-refractivity contribution in [2.45, 2.75) is 12.3 Å². The Balaban J connectivity index is 2.50. The Bertz CT molecular complexity index is 533. The Morgan fingerprint density at radius 3 is 2.50 bits per heavy atom. The molecule has 0 aliphatic heterocycles. The van der Waals surface area contributed by atoms with Gasteiger partial charge in [-0.15, -0.1) is 11.6 Å². The van der Waals surface area contributed by atoms with E-state index in [0.29, 0.717) is 0 Å². The zero-order valence-electron chi connectivity index (χ0n) is 9.55. The number of benzene rings is 2. The molecule has 0 saturated carbocycles. The van der Waals surface area contributed by atoms with Gasteiger partial charge in [0, 0.05) is 10.0 Å². The highest BCUT2D eigenvalue weighted by atomic mass is 79.9. The predicted octanol–water partition coefficient (Wildman–Crippen LogP) is 5.36. The standard InChI is InChI=1S/C14H10BrClF2/c1-8-2-4-12(15)10(6-8)14(16)11-7-9(17)3-5-13(11)18/h2-7,14H,1H3. The van der Waals surface area contributed by atoms with Crippen molar-refractivity contribution in [2.75, 3.05) is 0 Å². The molecule has 0 fully saturated rings. The van der Waals surface area contributed by atoms with Crippen LogP contribution in [0.5, 0.6) is 0 Å². The van der Waals surface area contributed by atoms with Crippen molar-refractivity contribution in [1.29, 1.82) is 0 Å². The van der Waals surface area contributed by atoms with E-state index in [1.165, 1.54) is 0 Å². The van der Waals surface area contributed by atoms with Gasteiger partial charge in [-0.1, -0.05) is 33.6 Å². The van der Waals surface area contributed by atoms with Crippen LogP contribution in [-0.4, -0.2) is 0 Å². The van der Waals surface area contributed by atoms with E-state index in [4.69, 9.17) is 11.6 Å². The molecule has 2 rings (SSSR count). The summed E-state index contributed by atoms with van der Waals surface area (Å²) >= 11 is 9.62. The summed E-state index contributed by atoms with van der Waals surface area (Å²) in [5.74, 6) is -1.01. The highest BCUT2D eigenvalue weighted by Crippen LogP contribution is 2.35. The van der Waals surface area contributed by atoms with E-state index in [1.807, 2.05) is 25.1 Å². The van der Waals surface area contributed by atoms with Crippen molar-refractivity contribution in [2.24, 2.45) is 0 Å². The quantitative estimate of drug-likeness (QED) is 0.650. The highest BCUT2D eigenvalue weighted by molar-refractivity contribution is 9.10. The normalized spacial score (nSPS) is 12.5. The molecule has 0 N–H and O–H groups in total. The maximum Gasteiger partial charge on any atom is 0.128 e. The predicted molar refractivity (Wildman–Crippen MR) is 72.9 cm³/mol. The van der Waals surface area contributed by atoms with Gasteiger partial charge in [0.15, 0.2) is 0 Å². The molecule has 1 atom stereocenters. The summed E-state index contributed by atoms with van der Waals surface area (Å²) in [4.78, 5) is 0. The second-order valence-electron chi connectivity index (χ2n) is 4.05. The van der Waals surface area contributed by atoms with Gasteiger partial charge in [0.1, 0.15) is 11.6 Å². The summed E-state index contributed by atoms with van der Waals surface area (Å²) in [6.07, 6.45) is 0. The number of hydrogen-bond acceptors (Lipinski definition) is 0. The van der Waals surface area contributed by atoms with Gasteiger partial charge in [-0.3, -0.25) is 0 Å². The summed E-state index contributed by atoms with van der Waals surface area (Å²) in [6.45, 7) is 1.92. The lowest BCUT2D eigenvalue weighted by Crippen LogP contribution is -1.99. The highest BCUT2D eigenvalue weighted by Gasteiger charge is 2.18. The first kappa shape index (κ1) is 13.5. The molecule has 2 aromatic carbocycles. The second kappa shape index (κ2) is 5.37. The van der Waals surface area contributed by atoms with Gasteiger partial charge < -0.3 is 0 Å². The van der Waals surface area contributed by atoms with Gasteiger partial charge in [0.05, 0.1) is 5.38 Å². The van der Waals surface area contributed by atoms with Gasteiger partial charge in [-0.25, -0.2) is 8.78 Å². The maximum absolute atomic E-state index is 13.7. The zero-order chi connectivity index (χ0) is 13.3. The molecule has 1 unspecified atom stereocenters. The fraction of sp³-hybridized carbons (Fsp3) is 0.143. The summed E-state index contributed by atoms with van der Waals surface area (Å²) in [5, 5.41) is -0.727. The number of hydrogen-bond donors (Lipinski definition) is 0. The summed E-state index contributed by atoms with van der Waals surface area (Å²) in [5.41, 5.74) is 1.87. The average Bonchev–Trinajstić information content (AvgIpc) is 2.34. The van der Waals surface area contributed by atoms with Crippen LogP contribution in [0.15, 0.2) is 40.9 Å². The molecule has 4 heteroatoms. The number of alkyl halides is 1. The van der Waals surface area contributed by atoms with Gasteiger partial charge in [-0.05, 0) is 36.8 Å². The molecule has 2 aromatic rings. The Kier molecular flexibility index (Phi) is 4.03. The van der Waals surface area contributed by atoms with Gasteiger partial charge >= 0.3 is 0 Å². The third-order valence-corrected chi connectivity index (χ3v) is 3.85. The van der Waals surface area contributed by atoms with Crippen LogP contribution in [0, 0.1) is 18.6 Å². The first-order valence-electron chi connectivity index (χ1n) is 5.34. The monoisotopic (exact) mass is 330 g/mol. The van der Waals surface area contributed by atoms with E-state index in [9.17, 15) is 8.78 Å². The molecule has 0 aliphatic rings. The van der Waals surface area contributed by atoms with Gasteiger partial charge in [0.25, 0.3) is 0 Å². The summed E-state index contributed by atoms with van der Waals surface area (Å²) < 4.78 is 27.6. The van der Waals surface area contributed by atoms with E-state index in [0.717, 1.165) is 33.8 Å². The Morgan fingerprint density at radius 2 is 1.78 bits per heavy atom. The molecule has 0 amide bonds. The SMILES string of the molecule is Cc1ccc(Br)c(C(Cl)c2cc(F)ccc2F)c1. The van der Waals surface area contributed by atoms with E-state index < -0.39 is 17.0 Å². The minimum absolute atomic E-state index is 0.142. The van der Waals surface area contributed by atoms with Crippen LogP contribution in [-0.2, 0) is 0 Å². The van der Waals surface area contributed by atoms with E-state index in [-0.39, 0.29) is 5.56 Å². The fourth-order valence-corrected chi connectivity index (χ4v) is 2.69.